The summed E-state index contributed by atoms with van der Waals surface area (Å²) in [7, 11) is 2.07. The second-order valence-corrected chi connectivity index (χ2v) is 6.10. The number of aryl methyl sites for hydroxylation is 1. The largest absolute Gasteiger partial charge is 0.348 e. The zero-order valence-electron chi connectivity index (χ0n) is 13.3. The molecule has 7 heteroatoms. The quantitative estimate of drug-likeness (QED) is 0.872. The summed E-state index contributed by atoms with van der Waals surface area (Å²) >= 11 is 0. The van der Waals surface area contributed by atoms with Gasteiger partial charge in [0.2, 0.25) is 0 Å². The molecule has 0 spiro atoms. The van der Waals surface area contributed by atoms with Gasteiger partial charge in [-0.1, -0.05) is 0 Å². The molecule has 0 bridgehead atoms. The normalized spacial score (nSPS) is 16.3. The number of rotatable bonds is 4. The summed E-state index contributed by atoms with van der Waals surface area (Å²) in [6.45, 7) is 6.58. The summed E-state index contributed by atoms with van der Waals surface area (Å²) in [5, 5.41) is 14.5. The number of likely N-dealkylation sites (N-methyl/N-ethyl adjacent to an activating group) is 1. The Balaban J connectivity index is 1.62. The molecule has 1 atom stereocenters. The third kappa shape index (κ3) is 3.19. The highest BCUT2D eigenvalue weighted by Gasteiger charge is 2.20. The molecule has 1 aliphatic heterocycles. The van der Waals surface area contributed by atoms with Crippen LogP contribution in [-0.4, -0.2) is 50.4 Å². The molecule has 0 aromatic carbocycles. The van der Waals surface area contributed by atoms with E-state index < -0.39 is 0 Å². The van der Waals surface area contributed by atoms with Crippen molar-refractivity contribution in [2.45, 2.75) is 39.4 Å². The van der Waals surface area contributed by atoms with Crippen LogP contribution in [0.4, 0.5) is 0 Å². The lowest BCUT2D eigenvalue weighted by Crippen LogP contribution is -2.34. The number of fused-ring (bicyclic) bond motifs is 1. The maximum Gasteiger partial charge on any atom is 0.272 e. The highest BCUT2D eigenvalue weighted by Crippen LogP contribution is 2.12. The van der Waals surface area contributed by atoms with Crippen LogP contribution in [0.15, 0.2) is 12.1 Å². The lowest BCUT2D eigenvalue weighted by atomic mass is 10.1. The molecule has 0 aliphatic carbocycles. The number of nitrogens with one attached hydrogen (secondary N) is 2. The van der Waals surface area contributed by atoms with Crippen molar-refractivity contribution in [3.05, 3.63) is 34.9 Å². The fraction of sp³-hybridized carbons (Fsp3) is 0.533. The number of carbonyl (C=O) groups excluding carboxylic acids is 1. The van der Waals surface area contributed by atoms with Gasteiger partial charge in [0, 0.05) is 31.2 Å². The molecule has 7 nitrogen and oxygen atoms in total. The van der Waals surface area contributed by atoms with Gasteiger partial charge >= 0.3 is 0 Å². The van der Waals surface area contributed by atoms with Gasteiger partial charge in [-0.3, -0.25) is 19.5 Å². The molecule has 0 saturated heterocycles. The first-order valence-electron chi connectivity index (χ1n) is 7.58. The van der Waals surface area contributed by atoms with E-state index in [0.29, 0.717) is 12.1 Å². The van der Waals surface area contributed by atoms with E-state index in [0.717, 1.165) is 36.7 Å². The van der Waals surface area contributed by atoms with Crippen molar-refractivity contribution in [1.29, 1.82) is 0 Å². The highest BCUT2D eigenvalue weighted by atomic mass is 16.2. The summed E-state index contributed by atoms with van der Waals surface area (Å²) in [6.07, 6.45) is 0.701. The topological polar surface area (TPSA) is 78.8 Å². The number of aromatic amines is 1. The van der Waals surface area contributed by atoms with E-state index in [4.69, 9.17) is 0 Å². The summed E-state index contributed by atoms with van der Waals surface area (Å²) in [4.78, 5) is 14.5. The van der Waals surface area contributed by atoms with Gasteiger partial charge in [-0.05, 0) is 33.0 Å². The van der Waals surface area contributed by atoms with Crippen LogP contribution in [-0.2, 0) is 19.5 Å². The Hall–Kier alpha value is -2.15. The number of hydrogen-bond acceptors (Lipinski definition) is 4. The Bertz CT molecular complexity index is 673. The first-order valence-corrected chi connectivity index (χ1v) is 7.58. The third-order valence-electron chi connectivity index (χ3n) is 3.87. The Morgan fingerprint density at radius 2 is 2.27 bits per heavy atom. The molecule has 3 rings (SSSR count). The smallest absolute Gasteiger partial charge is 0.272 e. The zero-order chi connectivity index (χ0) is 15.7. The van der Waals surface area contributed by atoms with E-state index in [1.165, 1.54) is 0 Å². The van der Waals surface area contributed by atoms with Gasteiger partial charge in [0.25, 0.3) is 5.91 Å². The maximum atomic E-state index is 12.3. The van der Waals surface area contributed by atoms with E-state index in [2.05, 4.69) is 32.6 Å². The van der Waals surface area contributed by atoms with Gasteiger partial charge in [0.05, 0.1) is 17.9 Å². The molecule has 118 valence electrons. The Kier molecular flexibility index (Phi) is 3.98. The Morgan fingerprint density at radius 1 is 1.45 bits per heavy atom. The SMILES string of the molecule is Cc1cc(C[C@@H](C)NC(=O)c2cc3n(n2)CCN(C)C3)n[nH]1. The second kappa shape index (κ2) is 5.92. The van der Waals surface area contributed by atoms with Crippen molar-refractivity contribution in [3.8, 4) is 0 Å². The minimum absolute atomic E-state index is 0.0107. The second-order valence-electron chi connectivity index (χ2n) is 6.10. The zero-order valence-corrected chi connectivity index (χ0v) is 13.3. The Morgan fingerprint density at radius 3 is 3.00 bits per heavy atom. The molecule has 2 aromatic heterocycles. The summed E-state index contributed by atoms with van der Waals surface area (Å²) in [5.74, 6) is -0.121. The van der Waals surface area contributed by atoms with Crippen LogP contribution in [0.5, 0.6) is 0 Å². The third-order valence-corrected chi connectivity index (χ3v) is 3.87. The van der Waals surface area contributed by atoms with Crippen molar-refractivity contribution in [2.75, 3.05) is 13.6 Å². The molecular weight excluding hydrogens is 280 g/mol. The molecule has 1 amide bonds. The van der Waals surface area contributed by atoms with Gasteiger partial charge in [0.1, 0.15) is 0 Å². The van der Waals surface area contributed by atoms with E-state index in [-0.39, 0.29) is 11.9 Å². The predicted molar refractivity (Wildman–Crippen MR) is 82.5 cm³/mol. The van der Waals surface area contributed by atoms with Crippen LogP contribution in [0.2, 0.25) is 0 Å². The molecule has 0 unspecified atom stereocenters. The van der Waals surface area contributed by atoms with E-state index >= 15 is 0 Å². The number of nitrogens with zero attached hydrogens (tertiary/aromatic N) is 4. The van der Waals surface area contributed by atoms with Crippen LogP contribution in [0.25, 0.3) is 0 Å². The average Bonchev–Trinajstić information content (AvgIpc) is 3.04. The lowest BCUT2D eigenvalue weighted by Gasteiger charge is -2.22. The number of amides is 1. The number of aromatic nitrogens is 4. The van der Waals surface area contributed by atoms with Gasteiger partial charge < -0.3 is 5.32 Å². The predicted octanol–water partition coefficient (Wildman–Crippen LogP) is 0.721. The molecule has 1 aliphatic rings. The fourth-order valence-corrected chi connectivity index (χ4v) is 2.75. The molecule has 2 N–H and O–H groups in total. The highest BCUT2D eigenvalue weighted by molar-refractivity contribution is 5.92. The maximum absolute atomic E-state index is 12.3. The van der Waals surface area contributed by atoms with Crippen LogP contribution >= 0.6 is 0 Å². The fourth-order valence-electron chi connectivity index (χ4n) is 2.75. The molecular formula is C15H22N6O. The summed E-state index contributed by atoms with van der Waals surface area (Å²) in [5.41, 5.74) is 3.57. The molecule has 3 heterocycles. The standard InChI is InChI=1S/C15H22N6O/c1-10(6-12-7-11(2)17-18-12)16-15(22)14-8-13-9-20(3)4-5-21(13)19-14/h7-8,10H,4-6,9H2,1-3H3,(H,16,22)(H,17,18)/t10-/m1/s1. The monoisotopic (exact) mass is 302 g/mol. The van der Waals surface area contributed by atoms with E-state index in [1.54, 1.807) is 0 Å². The van der Waals surface area contributed by atoms with Crippen LogP contribution in [0.3, 0.4) is 0 Å². The summed E-state index contributed by atoms with van der Waals surface area (Å²) in [6, 6.07) is 3.89. The molecule has 0 saturated carbocycles. The van der Waals surface area contributed by atoms with Gasteiger partial charge in [-0.15, -0.1) is 0 Å². The minimum Gasteiger partial charge on any atom is -0.348 e. The molecule has 0 radical (unpaired) electrons. The van der Waals surface area contributed by atoms with Gasteiger partial charge in [-0.25, -0.2) is 0 Å². The van der Waals surface area contributed by atoms with Crippen LogP contribution in [0, 0.1) is 6.92 Å². The summed E-state index contributed by atoms with van der Waals surface area (Å²) < 4.78 is 1.93. The van der Waals surface area contributed by atoms with Crippen LogP contribution in [0.1, 0.15) is 34.5 Å². The first kappa shape index (κ1) is 14.8. The van der Waals surface area contributed by atoms with Crippen molar-refractivity contribution in [1.82, 2.24) is 30.2 Å². The van der Waals surface area contributed by atoms with Crippen molar-refractivity contribution < 1.29 is 4.79 Å². The van der Waals surface area contributed by atoms with Gasteiger partial charge in [0.15, 0.2) is 5.69 Å². The van der Waals surface area contributed by atoms with Crippen molar-refractivity contribution in [3.63, 3.8) is 0 Å². The van der Waals surface area contributed by atoms with E-state index in [9.17, 15) is 4.79 Å². The molecule has 0 fully saturated rings. The van der Waals surface area contributed by atoms with Gasteiger partial charge in [-0.2, -0.15) is 10.2 Å². The lowest BCUT2D eigenvalue weighted by molar-refractivity contribution is 0.0934. The van der Waals surface area contributed by atoms with Crippen LogP contribution < -0.4 is 5.32 Å². The first-order chi connectivity index (χ1) is 10.5. The van der Waals surface area contributed by atoms with E-state index in [1.807, 2.05) is 30.7 Å². The Labute approximate surface area is 129 Å². The van der Waals surface area contributed by atoms with Crippen molar-refractivity contribution >= 4 is 5.91 Å². The number of carbonyl (C=O) groups is 1. The molecule has 22 heavy (non-hydrogen) atoms. The average molecular weight is 302 g/mol. The minimum atomic E-state index is -0.121. The number of H-pyrrole nitrogens is 1. The van der Waals surface area contributed by atoms with Crippen molar-refractivity contribution in [2.24, 2.45) is 0 Å². The number of hydrogen-bond donors (Lipinski definition) is 2. The molecule has 2 aromatic rings.